The van der Waals surface area contributed by atoms with E-state index < -0.39 is 0 Å². The molecule has 9 heteroatoms. The number of rotatable bonds is 2. The largest absolute Gasteiger partial charge is 0.368 e. The lowest BCUT2D eigenvalue weighted by Gasteiger charge is -2.35. The first kappa shape index (κ1) is 16.5. The Morgan fingerprint density at radius 2 is 1.96 bits per heavy atom. The van der Waals surface area contributed by atoms with Gasteiger partial charge in [0.1, 0.15) is 5.52 Å². The van der Waals surface area contributed by atoms with Crippen molar-refractivity contribution in [1.29, 1.82) is 0 Å². The summed E-state index contributed by atoms with van der Waals surface area (Å²) in [4.78, 5) is 30.2. The highest BCUT2D eigenvalue weighted by atomic mass is 32.1. The molecular weight excluding hydrogens is 350 g/mol. The molecule has 134 valence electrons. The molecular formula is C17H19N7OS. The molecule has 26 heavy (non-hydrogen) atoms. The van der Waals surface area contributed by atoms with Gasteiger partial charge in [-0.05, 0) is 18.6 Å². The zero-order chi connectivity index (χ0) is 18.1. The second-order valence-electron chi connectivity index (χ2n) is 6.13. The van der Waals surface area contributed by atoms with Crippen molar-refractivity contribution in [3.8, 4) is 0 Å². The van der Waals surface area contributed by atoms with Crippen LogP contribution in [0.15, 0.2) is 29.8 Å². The van der Waals surface area contributed by atoms with Crippen molar-refractivity contribution >= 4 is 45.2 Å². The molecule has 3 aromatic rings. The molecule has 3 heterocycles. The van der Waals surface area contributed by atoms with E-state index in [9.17, 15) is 4.79 Å². The smallest absolute Gasteiger partial charge is 0.321 e. The molecule has 1 aliphatic heterocycles. The van der Waals surface area contributed by atoms with Crippen LogP contribution in [0.4, 0.5) is 22.2 Å². The maximum Gasteiger partial charge on any atom is 0.321 e. The summed E-state index contributed by atoms with van der Waals surface area (Å²) < 4.78 is 0. The number of nitrogens with two attached hydrogens (primary N) is 1. The molecule has 0 saturated carbocycles. The van der Waals surface area contributed by atoms with Gasteiger partial charge in [-0.3, -0.25) is 0 Å². The summed E-state index contributed by atoms with van der Waals surface area (Å²) in [5.41, 5.74) is 10.2. The molecule has 0 spiro atoms. The molecule has 1 aromatic carbocycles. The first-order valence-electron chi connectivity index (χ1n) is 8.35. The van der Waals surface area contributed by atoms with Crippen LogP contribution in [-0.4, -0.2) is 52.1 Å². The third kappa shape index (κ3) is 3.13. The van der Waals surface area contributed by atoms with Crippen molar-refractivity contribution in [3.05, 3.63) is 35.3 Å². The van der Waals surface area contributed by atoms with E-state index in [1.54, 1.807) is 5.51 Å². The molecule has 1 fully saturated rings. The van der Waals surface area contributed by atoms with Gasteiger partial charge in [0, 0.05) is 31.9 Å². The number of thiazole rings is 1. The number of para-hydroxylation sites is 1. The number of urea groups is 1. The van der Waals surface area contributed by atoms with Crippen LogP contribution >= 0.6 is 11.3 Å². The Hall–Kier alpha value is -2.94. The van der Waals surface area contributed by atoms with Gasteiger partial charge in [-0.2, -0.15) is 4.98 Å². The molecule has 1 aliphatic rings. The lowest BCUT2D eigenvalue weighted by molar-refractivity contribution is 0.208. The number of hydrogen-bond acceptors (Lipinski definition) is 7. The second kappa shape index (κ2) is 6.75. The van der Waals surface area contributed by atoms with Crippen molar-refractivity contribution in [2.75, 3.05) is 42.1 Å². The van der Waals surface area contributed by atoms with Crippen LogP contribution in [0.3, 0.4) is 0 Å². The number of aryl methyl sites for hydroxylation is 1. The fraction of sp³-hybridized carbons (Fsp3) is 0.294. The molecule has 4 rings (SSSR count). The van der Waals surface area contributed by atoms with Gasteiger partial charge in [0.05, 0.1) is 5.51 Å². The SMILES string of the molecule is Cc1ccccc1NC(=O)N1CCN(c2nc(N)nc3scnc23)CC1. The van der Waals surface area contributed by atoms with Crippen molar-refractivity contribution in [2.45, 2.75) is 6.92 Å². The Labute approximate surface area is 154 Å². The molecule has 2 aromatic heterocycles. The summed E-state index contributed by atoms with van der Waals surface area (Å²) in [6.45, 7) is 4.53. The van der Waals surface area contributed by atoms with Gasteiger partial charge < -0.3 is 20.9 Å². The van der Waals surface area contributed by atoms with E-state index in [0.717, 1.165) is 27.4 Å². The standard InChI is InChI=1S/C17H19N7OS/c1-11-4-2-3-5-12(11)20-17(25)24-8-6-23(7-9-24)14-13-15(26-10-19-13)22-16(18)21-14/h2-5,10H,6-9H2,1H3,(H,20,25)(H2,18,21,22). The van der Waals surface area contributed by atoms with Crippen LogP contribution in [0, 0.1) is 6.92 Å². The van der Waals surface area contributed by atoms with Crippen LogP contribution in [0.25, 0.3) is 10.3 Å². The van der Waals surface area contributed by atoms with E-state index in [2.05, 4.69) is 25.2 Å². The monoisotopic (exact) mass is 369 g/mol. The van der Waals surface area contributed by atoms with Crippen LogP contribution in [0.5, 0.6) is 0 Å². The van der Waals surface area contributed by atoms with Gasteiger partial charge in [0.15, 0.2) is 10.6 Å². The Morgan fingerprint density at radius 1 is 1.19 bits per heavy atom. The van der Waals surface area contributed by atoms with E-state index in [1.165, 1.54) is 11.3 Å². The molecule has 0 atom stereocenters. The van der Waals surface area contributed by atoms with Crippen LogP contribution < -0.4 is 16.0 Å². The lowest BCUT2D eigenvalue weighted by Crippen LogP contribution is -2.50. The second-order valence-corrected chi connectivity index (χ2v) is 6.96. The molecule has 2 amide bonds. The number of hydrogen-bond donors (Lipinski definition) is 2. The van der Waals surface area contributed by atoms with E-state index in [0.29, 0.717) is 26.2 Å². The first-order chi connectivity index (χ1) is 12.6. The maximum absolute atomic E-state index is 12.5. The molecule has 0 aliphatic carbocycles. The number of aromatic nitrogens is 3. The Bertz CT molecular complexity index is 949. The van der Waals surface area contributed by atoms with Gasteiger partial charge in [-0.25, -0.2) is 14.8 Å². The molecule has 0 radical (unpaired) electrons. The number of carbonyl (C=O) groups is 1. The summed E-state index contributed by atoms with van der Waals surface area (Å²) in [6, 6.07) is 7.67. The quantitative estimate of drug-likeness (QED) is 0.719. The number of anilines is 3. The van der Waals surface area contributed by atoms with Crippen molar-refractivity contribution in [2.24, 2.45) is 0 Å². The van der Waals surface area contributed by atoms with E-state index in [-0.39, 0.29) is 12.0 Å². The summed E-state index contributed by atoms with van der Waals surface area (Å²) in [6.07, 6.45) is 0. The summed E-state index contributed by atoms with van der Waals surface area (Å²) >= 11 is 1.44. The number of carbonyl (C=O) groups excluding carboxylic acids is 1. The number of nitrogens with zero attached hydrogens (tertiary/aromatic N) is 5. The van der Waals surface area contributed by atoms with E-state index >= 15 is 0 Å². The first-order valence-corrected chi connectivity index (χ1v) is 9.23. The number of piperazine rings is 1. The number of fused-ring (bicyclic) bond motifs is 1. The third-order valence-corrected chi connectivity index (χ3v) is 5.17. The lowest BCUT2D eigenvalue weighted by atomic mass is 10.2. The van der Waals surface area contributed by atoms with Crippen molar-refractivity contribution in [3.63, 3.8) is 0 Å². The number of nitrogens with one attached hydrogen (secondary N) is 1. The molecule has 0 bridgehead atoms. The Kier molecular flexibility index (Phi) is 4.29. The molecule has 0 unspecified atom stereocenters. The van der Waals surface area contributed by atoms with Crippen LogP contribution in [0.2, 0.25) is 0 Å². The Morgan fingerprint density at radius 3 is 2.73 bits per heavy atom. The Balaban J connectivity index is 1.44. The average molecular weight is 369 g/mol. The predicted octanol–water partition coefficient (Wildman–Crippen LogP) is 2.33. The van der Waals surface area contributed by atoms with Crippen molar-refractivity contribution < 1.29 is 4.79 Å². The zero-order valence-electron chi connectivity index (χ0n) is 14.3. The maximum atomic E-state index is 12.5. The summed E-state index contributed by atoms with van der Waals surface area (Å²) in [5.74, 6) is 0.990. The third-order valence-electron chi connectivity index (χ3n) is 4.45. The van der Waals surface area contributed by atoms with Crippen LogP contribution in [0.1, 0.15) is 5.56 Å². The van der Waals surface area contributed by atoms with Gasteiger partial charge in [-0.1, -0.05) is 18.2 Å². The minimum absolute atomic E-state index is 0.0834. The normalized spacial score (nSPS) is 14.7. The van der Waals surface area contributed by atoms with Gasteiger partial charge in [-0.15, -0.1) is 11.3 Å². The number of amides is 2. The highest BCUT2D eigenvalue weighted by molar-refractivity contribution is 7.16. The molecule has 1 saturated heterocycles. The number of benzene rings is 1. The van der Waals surface area contributed by atoms with E-state index in [1.807, 2.05) is 36.1 Å². The van der Waals surface area contributed by atoms with Crippen LogP contribution in [-0.2, 0) is 0 Å². The minimum Gasteiger partial charge on any atom is -0.368 e. The summed E-state index contributed by atoms with van der Waals surface area (Å²) in [5, 5.41) is 2.98. The molecule has 3 N–H and O–H groups in total. The fourth-order valence-electron chi connectivity index (χ4n) is 3.01. The van der Waals surface area contributed by atoms with Gasteiger partial charge in [0.25, 0.3) is 0 Å². The molecule has 8 nitrogen and oxygen atoms in total. The average Bonchev–Trinajstić information content (AvgIpc) is 3.11. The van der Waals surface area contributed by atoms with Gasteiger partial charge in [0.2, 0.25) is 5.95 Å². The topological polar surface area (TPSA) is 100 Å². The number of nitrogen functional groups attached to an aromatic ring is 1. The summed E-state index contributed by atoms with van der Waals surface area (Å²) in [7, 11) is 0. The zero-order valence-corrected chi connectivity index (χ0v) is 15.2. The fourth-order valence-corrected chi connectivity index (χ4v) is 3.67. The van der Waals surface area contributed by atoms with Crippen molar-refractivity contribution in [1.82, 2.24) is 19.9 Å². The van der Waals surface area contributed by atoms with E-state index in [4.69, 9.17) is 5.73 Å². The highest BCUT2D eigenvalue weighted by Crippen LogP contribution is 2.27. The minimum atomic E-state index is -0.0834. The highest BCUT2D eigenvalue weighted by Gasteiger charge is 2.24. The predicted molar refractivity (Wildman–Crippen MR) is 104 cm³/mol. The van der Waals surface area contributed by atoms with Gasteiger partial charge >= 0.3 is 6.03 Å².